The number of hydrogen-bond donors (Lipinski definition) is 0. The second kappa shape index (κ2) is 8.60. The number of carboxylic acid groups (broad SMARTS) is 1. The van der Waals surface area contributed by atoms with Crippen LogP contribution < -0.4 is 64.2 Å². The van der Waals surface area contributed by atoms with Crippen LogP contribution in [0.1, 0.15) is 15.9 Å². The first-order valence-electron chi connectivity index (χ1n) is 3.54. The van der Waals surface area contributed by atoms with E-state index in [9.17, 15) is 18.7 Å². The fourth-order valence-corrected chi connectivity index (χ4v) is 2.00. The molecule has 1 unspecified atom stereocenters. The standard InChI is InChI=1S/C8H7IO4S.2Na/c1-4-2-5(14(12)13)3-6(7(4)9)8(10)11;;/h2-3H,1H3,(H,10,11)(H,12,13);;/q;2*+1/p-2. The van der Waals surface area contributed by atoms with Gasteiger partial charge < -0.3 is 14.5 Å². The minimum Gasteiger partial charge on any atom is -0.768 e. The first kappa shape index (κ1) is 19.9. The molecule has 16 heavy (non-hydrogen) atoms. The Balaban J connectivity index is 0. The van der Waals surface area contributed by atoms with Crippen molar-refractivity contribution < 1.29 is 77.8 Å². The van der Waals surface area contributed by atoms with Crippen LogP contribution in [0.4, 0.5) is 0 Å². The molecule has 8 heteroatoms. The number of carboxylic acids is 1. The van der Waals surface area contributed by atoms with E-state index in [1.807, 2.05) is 22.6 Å². The number of benzene rings is 1. The molecule has 0 bridgehead atoms. The zero-order valence-electron chi connectivity index (χ0n) is 9.07. The van der Waals surface area contributed by atoms with Gasteiger partial charge in [-0.2, -0.15) is 0 Å². The topological polar surface area (TPSA) is 80.3 Å². The van der Waals surface area contributed by atoms with Gasteiger partial charge in [0.2, 0.25) is 0 Å². The minimum atomic E-state index is -2.42. The Bertz CT molecular complexity index is 425. The fourth-order valence-electron chi connectivity index (χ4n) is 0.981. The van der Waals surface area contributed by atoms with Crippen molar-refractivity contribution in [2.75, 3.05) is 0 Å². The van der Waals surface area contributed by atoms with Crippen LogP contribution in [0.2, 0.25) is 0 Å². The summed E-state index contributed by atoms with van der Waals surface area (Å²) in [5.74, 6) is -1.37. The van der Waals surface area contributed by atoms with Crippen LogP contribution in [-0.4, -0.2) is 14.7 Å². The minimum absolute atomic E-state index is 0. The maximum atomic E-state index is 10.6. The summed E-state index contributed by atoms with van der Waals surface area (Å²) in [6.07, 6.45) is 0. The smallest absolute Gasteiger partial charge is 0.768 e. The summed E-state index contributed by atoms with van der Waals surface area (Å²) in [6, 6.07) is 2.50. The van der Waals surface area contributed by atoms with Gasteiger partial charge in [0.15, 0.2) is 0 Å². The van der Waals surface area contributed by atoms with Crippen LogP contribution in [0.15, 0.2) is 17.0 Å². The summed E-state index contributed by atoms with van der Waals surface area (Å²) < 4.78 is 21.7. The van der Waals surface area contributed by atoms with Crippen molar-refractivity contribution >= 4 is 39.6 Å². The molecular formula is C8H5INa2O4S. The van der Waals surface area contributed by atoms with E-state index in [1.165, 1.54) is 6.07 Å². The third-order valence-electron chi connectivity index (χ3n) is 1.64. The monoisotopic (exact) mass is 370 g/mol. The van der Waals surface area contributed by atoms with E-state index in [1.54, 1.807) is 6.92 Å². The summed E-state index contributed by atoms with van der Waals surface area (Å²) in [5, 5.41) is 10.6. The van der Waals surface area contributed by atoms with E-state index in [2.05, 4.69) is 0 Å². The summed E-state index contributed by atoms with van der Waals surface area (Å²) >= 11 is -0.580. The molecule has 0 amide bonds. The second-order valence-corrected chi connectivity index (χ2v) is 4.64. The van der Waals surface area contributed by atoms with E-state index >= 15 is 0 Å². The van der Waals surface area contributed by atoms with Crippen LogP contribution >= 0.6 is 22.6 Å². The van der Waals surface area contributed by atoms with Crippen LogP contribution in [0.25, 0.3) is 0 Å². The van der Waals surface area contributed by atoms with Crippen molar-refractivity contribution in [3.05, 3.63) is 26.8 Å². The van der Waals surface area contributed by atoms with Crippen molar-refractivity contribution in [2.24, 2.45) is 0 Å². The van der Waals surface area contributed by atoms with E-state index in [0.29, 0.717) is 9.13 Å². The van der Waals surface area contributed by atoms with Gasteiger partial charge in [0.25, 0.3) is 0 Å². The van der Waals surface area contributed by atoms with Crippen molar-refractivity contribution in [1.29, 1.82) is 0 Å². The fraction of sp³-hybridized carbons (Fsp3) is 0.125. The number of rotatable bonds is 2. The number of hydrogen-bond acceptors (Lipinski definition) is 4. The SMILES string of the molecule is Cc1cc(S(=O)[O-])cc(C(=O)[O-])c1I.[Na+].[Na+]. The molecule has 76 valence electrons. The number of halogens is 1. The number of aryl methyl sites for hydroxylation is 1. The van der Waals surface area contributed by atoms with Gasteiger partial charge in [-0.15, -0.1) is 0 Å². The summed E-state index contributed by atoms with van der Waals surface area (Å²) in [7, 11) is 0. The maximum Gasteiger partial charge on any atom is 1.00 e. The van der Waals surface area contributed by atoms with Crippen molar-refractivity contribution in [3.8, 4) is 0 Å². The summed E-state index contributed by atoms with van der Waals surface area (Å²) in [4.78, 5) is 10.6. The first-order chi connectivity index (χ1) is 6.43. The van der Waals surface area contributed by atoms with Gasteiger partial charge in [0.1, 0.15) is 0 Å². The van der Waals surface area contributed by atoms with Crippen LogP contribution in [0.5, 0.6) is 0 Å². The molecule has 0 fully saturated rings. The summed E-state index contributed by atoms with van der Waals surface area (Å²) in [5.41, 5.74) is 0.510. The Morgan fingerprint density at radius 1 is 1.38 bits per heavy atom. The molecule has 0 aliphatic rings. The third kappa shape index (κ3) is 5.03. The van der Waals surface area contributed by atoms with E-state index in [0.717, 1.165) is 6.07 Å². The van der Waals surface area contributed by atoms with E-state index in [-0.39, 0.29) is 69.6 Å². The molecule has 0 spiro atoms. The van der Waals surface area contributed by atoms with Crippen LogP contribution in [-0.2, 0) is 11.1 Å². The van der Waals surface area contributed by atoms with Gasteiger partial charge in [-0.25, -0.2) is 0 Å². The number of aromatic carboxylic acids is 1. The van der Waals surface area contributed by atoms with Crippen molar-refractivity contribution in [2.45, 2.75) is 11.8 Å². The second-order valence-electron chi connectivity index (χ2n) is 2.62. The van der Waals surface area contributed by atoms with E-state index < -0.39 is 17.0 Å². The number of carbonyl (C=O) groups is 1. The molecule has 0 aliphatic carbocycles. The molecule has 1 aromatic carbocycles. The first-order valence-corrected chi connectivity index (χ1v) is 5.69. The van der Waals surface area contributed by atoms with Gasteiger partial charge in [-0.3, -0.25) is 4.21 Å². The molecule has 0 heterocycles. The van der Waals surface area contributed by atoms with Crippen molar-refractivity contribution in [1.82, 2.24) is 0 Å². The van der Waals surface area contributed by atoms with E-state index in [4.69, 9.17) is 0 Å². The quantitative estimate of drug-likeness (QED) is 0.295. The Labute approximate surface area is 154 Å². The summed E-state index contributed by atoms with van der Waals surface area (Å²) in [6.45, 7) is 1.64. The molecule has 0 N–H and O–H groups in total. The Morgan fingerprint density at radius 3 is 2.25 bits per heavy atom. The van der Waals surface area contributed by atoms with Gasteiger partial charge in [-0.05, 0) is 58.3 Å². The Morgan fingerprint density at radius 2 is 1.88 bits per heavy atom. The molecule has 0 aromatic heterocycles. The zero-order chi connectivity index (χ0) is 10.9. The molecule has 1 aromatic rings. The molecule has 1 atom stereocenters. The van der Waals surface area contributed by atoms with Crippen LogP contribution in [0.3, 0.4) is 0 Å². The average molecular weight is 370 g/mol. The maximum absolute atomic E-state index is 10.6. The van der Waals surface area contributed by atoms with Gasteiger partial charge >= 0.3 is 59.1 Å². The van der Waals surface area contributed by atoms with Gasteiger partial charge in [-0.1, -0.05) is 0 Å². The zero-order valence-corrected chi connectivity index (χ0v) is 16.0. The molecule has 0 radical (unpaired) electrons. The Kier molecular flexibility index (Phi) is 10.7. The molecule has 0 saturated carbocycles. The molecule has 4 nitrogen and oxygen atoms in total. The largest absolute Gasteiger partial charge is 1.00 e. The van der Waals surface area contributed by atoms with Crippen molar-refractivity contribution in [3.63, 3.8) is 0 Å². The average Bonchev–Trinajstić information content (AvgIpc) is 2.08. The molecule has 0 saturated heterocycles. The molecular weight excluding hydrogens is 365 g/mol. The van der Waals surface area contributed by atoms with Crippen LogP contribution in [0, 0.1) is 10.5 Å². The number of carbonyl (C=O) groups excluding carboxylic acids is 1. The third-order valence-corrected chi connectivity index (χ3v) is 3.69. The predicted molar refractivity (Wildman–Crippen MR) is 55.4 cm³/mol. The van der Waals surface area contributed by atoms with Gasteiger partial charge in [0, 0.05) is 14.0 Å². The predicted octanol–water partition coefficient (Wildman–Crippen LogP) is -5.79. The van der Waals surface area contributed by atoms with Gasteiger partial charge in [0.05, 0.1) is 5.97 Å². The molecule has 1 rings (SSSR count). The molecule has 0 aliphatic heterocycles. The Hall–Kier alpha value is 1.53. The normalized spacial score (nSPS) is 10.9.